The van der Waals surface area contributed by atoms with Crippen molar-refractivity contribution in [1.82, 2.24) is 14.8 Å². The molecule has 2 heterocycles. The molecule has 35 heavy (non-hydrogen) atoms. The lowest BCUT2D eigenvalue weighted by atomic mass is 10.0. The van der Waals surface area contributed by atoms with Gasteiger partial charge in [0.05, 0.1) is 11.8 Å². The third-order valence-electron chi connectivity index (χ3n) is 5.24. The number of aromatic hydroxyl groups is 1. The highest BCUT2D eigenvalue weighted by molar-refractivity contribution is 6.16. The summed E-state index contributed by atoms with van der Waals surface area (Å²) < 4.78 is 1.38. The van der Waals surface area contributed by atoms with Gasteiger partial charge < -0.3 is 10.4 Å². The van der Waals surface area contributed by atoms with Crippen molar-refractivity contribution in [3.05, 3.63) is 102 Å². The van der Waals surface area contributed by atoms with Crippen LogP contribution < -0.4 is 5.32 Å². The minimum atomic E-state index is -0.488. The molecule has 168 valence electrons. The number of fused-ring (bicyclic) bond motifs is 1. The van der Waals surface area contributed by atoms with Crippen LogP contribution in [-0.2, 0) is 0 Å². The van der Waals surface area contributed by atoms with Crippen molar-refractivity contribution < 1.29 is 9.90 Å². The number of nitrogens with zero attached hydrogens (tertiary/aromatic N) is 6. The Morgan fingerprint density at radius 1 is 1.00 bits per heavy atom. The van der Waals surface area contributed by atoms with Crippen LogP contribution in [-0.4, -0.2) is 25.8 Å². The summed E-state index contributed by atoms with van der Waals surface area (Å²) in [5, 5.41) is 37.2. The molecule has 0 radical (unpaired) electrons. The van der Waals surface area contributed by atoms with Gasteiger partial charge >= 0.3 is 0 Å². The van der Waals surface area contributed by atoms with Crippen molar-refractivity contribution in [2.24, 2.45) is 10.2 Å². The van der Waals surface area contributed by atoms with E-state index in [-0.39, 0.29) is 28.4 Å². The molecule has 1 amide bonds. The van der Waals surface area contributed by atoms with Crippen LogP contribution in [0, 0.1) is 11.3 Å². The molecular formula is C26H17N7O2. The lowest BCUT2D eigenvalue weighted by molar-refractivity contribution is 0.102. The van der Waals surface area contributed by atoms with Gasteiger partial charge in [-0.05, 0) is 41.1 Å². The Morgan fingerprint density at radius 3 is 2.54 bits per heavy atom. The Hall–Kier alpha value is -5.36. The zero-order valence-electron chi connectivity index (χ0n) is 18.2. The number of rotatable bonds is 5. The number of pyridine rings is 1. The minimum absolute atomic E-state index is 0.0690. The molecule has 0 aliphatic carbocycles. The predicted octanol–water partition coefficient (Wildman–Crippen LogP) is 5.67. The summed E-state index contributed by atoms with van der Waals surface area (Å²) in [4.78, 5) is 17.4. The average Bonchev–Trinajstić information content (AvgIpc) is 3.31. The van der Waals surface area contributed by atoms with E-state index in [4.69, 9.17) is 0 Å². The third-order valence-corrected chi connectivity index (χ3v) is 5.24. The van der Waals surface area contributed by atoms with Crippen LogP contribution in [0.25, 0.3) is 16.6 Å². The highest BCUT2D eigenvalue weighted by Crippen LogP contribution is 2.38. The summed E-state index contributed by atoms with van der Waals surface area (Å²) in [6.45, 7) is 0. The summed E-state index contributed by atoms with van der Waals surface area (Å²) >= 11 is 0. The van der Waals surface area contributed by atoms with Crippen molar-refractivity contribution in [1.29, 1.82) is 5.26 Å². The number of azo groups is 1. The third kappa shape index (κ3) is 4.19. The molecule has 2 N–H and O–H groups in total. The van der Waals surface area contributed by atoms with E-state index in [1.165, 1.54) is 10.9 Å². The van der Waals surface area contributed by atoms with Crippen LogP contribution in [0.4, 0.5) is 17.2 Å². The molecule has 5 aromatic rings. The zero-order valence-corrected chi connectivity index (χ0v) is 18.2. The zero-order chi connectivity index (χ0) is 24.2. The van der Waals surface area contributed by atoms with Gasteiger partial charge in [0.15, 0.2) is 17.4 Å². The summed E-state index contributed by atoms with van der Waals surface area (Å²) in [6.07, 6.45) is 2.96. The van der Waals surface area contributed by atoms with E-state index >= 15 is 0 Å². The van der Waals surface area contributed by atoms with Crippen molar-refractivity contribution in [2.45, 2.75) is 0 Å². The molecule has 5 rings (SSSR count). The van der Waals surface area contributed by atoms with Crippen LogP contribution in [0.5, 0.6) is 5.75 Å². The number of anilines is 1. The van der Waals surface area contributed by atoms with Gasteiger partial charge in [-0.2, -0.15) is 15.0 Å². The first-order valence-electron chi connectivity index (χ1n) is 10.6. The Labute approximate surface area is 199 Å². The Morgan fingerprint density at radius 2 is 1.77 bits per heavy atom. The van der Waals surface area contributed by atoms with Crippen molar-refractivity contribution in [3.63, 3.8) is 0 Å². The first-order chi connectivity index (χ1) is 17.2. The number of aromatic nitrogens is 3. The fourth-order valence-electron chi connectivity index (χ4n) is 3.61. The van der Waals surface area contributed by atoms with E-state index in [0.29, 0.717) is 22.3 Å². The van der Waals surface area contributed by atoms with Crippen LogP contribution in [0.1, 0.15) is 15.9 Å². The van der Waals surface area contributed by atoms with Crippen LogP contribution in [0.3, 0.4) is 0 Å². The fraction of sp³-hybridized carbons (Fsp3) is 0. The molecular weight excluding hydrogens is 442 g/mol. The Balaban J connectivity index is 1.60. The normalized spacial score (nSPS) is 10.9. The fourth-order valence-corrected chi connectivity index (χ4v) is 3.61. The number of phenols is 1. The highest BCUT2D eigenvalue weighted by atomic mass is 16.3. The number of nitrogens with one attached hydrogen (secondary N) is 1. The summed E-state index contributed by atoms with van der Waals surface area (Å²) in [6, 6.07) is 25.0. The van der Waals surface area contributed by atoms with Gasteiger partial charge in [-0.15, -0.1) is 10.2 Å². The van der Waals surface area contributed by atoms with E-state index in [9.17, 15) is 15.2 Å². The van der Waals surface area contributed by atoms with Gasteiger partial charge in [0, 0.05) is 11.9 Å². The quantitative estimate of drug-likeness (QED) is 0.327. The van der Waals surface area contributed by atoms with Crippen LogP contribution in [0.2, 0.25) is 0 Å². The van der Waals surface area contributed by atoms with Crippen molar-refractivity contribution in [3.8, 4) is 17.6 Å². The van der Waals surface area contributed by atoms with E-state index in [2.05, 4.69) is 25.6 Å². The maximum absolute atomic E-state index is 13.2. The predicted molar refractivity (Wildman–Crippen MR) is 130 cm³/mol. The molecule has 0 atom stereocenters. The number of carbonyl (C=O) groups excluding carboxylic acids is 1. The molecule has 0 saturated heterocycles. The molecule has 2 aromatic heterocycles. The number of benzene rings is 3. The lowest BCUT2D eigenvalue weighted by Crippen LogP contribution is -2.12. The molecule has 3 aromatic carbocycles. The van der Waals surface area contributed by atoms with Gasteiger partial charge in [-0.3, -0.25) is 4.79 Å². The number of hydrogen-bond donors (Lipinski definition) is 2. The monoisotopic (exact) mass is 459 g/mol. The van der Waals surface area contributed by atoms with E-state index in [0.717, 1.165) is 0 Å². The summed E-state index contributed by atoms with van der Waals surface area (Å²) in [5.74, 6) is -0.218. The molecule has 0 bridgehead atoms. The van der Waals surface area contributed by atoms with Gasteiger partial charge in [-0.1, -0.05) is 48.5 Å². The minimum Gasteiger partial charge on any atom is -0.505 e. The molecule has 0 aliphatic rings. The number of nitriles is 1. The van der Waals surface area contributed by atoms with Crippen LogP contribution >= 0.6 is 0 Å². The second kappa shape index (κ2) is 9.25. The smallest absolute Gasteiger partial charge is 0.260 e. The first kappa shape index (κ1) is 21.5. The number of phenolic OH excluding ortho intramolecular Hbond substituents is 1. The number of amides is 1. The standard InChI is InChI=1S/C26H17N7O2/c27-15-18-16-29-33(22-12-6-7-13-28-22)25(18)32-31-21-14-17-8-4-5-11-20(17)23(24(21)34)26(35)30-19-9-2-1-3-10-19/h1-14,16,34H,(H,30,35). The van der Waals surface area contributed by atoms with E-state index in [1.54, 1.807) is 66.9 Å². The molecule has 0 fully saturated rings. The van der Waals surface area contributed by atoms with Gasteiger partial charge in [0.25, 0.3) is 5.91 Å². The lowest BCUT2D eigenvalue weighted by Gasteiger charge is -2.12. The van der Waals surface area contributed by atoms with Gasteiger partial charge in [0.2, 0.25) is 0 Å². The number of hydrogen-bond acceptors (Lipinski definition) is 7. The van der Waals surface area contributed by atoms with Crippen molar-refractivity contribution >= 4 is 33.9 Å². The molecule has 0 saturated carbocycles. The number of carbonyl (C=O) groups is 1. The average molecular weight is 459 g/mol. The first-order valence-corrected chi connectivity index (χ1v) is 10.6. The topological polar surface area (TPSA) is 129 Å². The molecule has 9 heteroatoms. The summed E-state index contributed by atoms with van der Waals surface area (Å²) in [5.41, 5.74) is 0.909. The Bertz CT molecular complexity index is 1600. The second-order valence-electron chi connectivity index (χ2n) is 7.45. The van der Waals surface area contributed by atoms with E-state index in [1.807, 2.05) is 24.3 Å². The van der Waals surface area contributed by atoms with Gasteiger partial charge in [0.1, 0.15) is 17.3 Å². The molecule has 0 spiro atoms. The second-order valence-corrected chi connectivity index (χ2v) is 7.45. The Kier molecular flexibility index (Phi) is 5.68. The summed E-state index contributed by atoms with van der Waals surface area (Å²) in [7, 11) is 0. The number of para-hydroxylation sites is 1. The van der Waals surface area contributed by atoms with Gasteiger partial charge in [-0.25, -0.2) is 4.98 Å². The van der Waals surface area contributed by atoms with Crippen LogP contribution in [0.15, 0.2) is 101 Å². The highest BCUT2D eigenvalue weighted by Gasteiger charge is 2.20. The maximum atomic E-state index is 13.2. The van der Waals surface area contributed by atoms with E-state index < -0.39 is 5.91 Å². The van der Waals surface area contributed by atoms with Crippen molar-refractivity contribution in [2.75, 3.05) is 5.32 Å². The SMILES string of the molecule is N#Cc1cnn(-c2ccccn2)c1N=Nc1cc2ccccc2c(C(=O)Nc2ccccc2)c1O. The largest absolute Gasteiger partial charge is 0.505 e. The molecule has 0 aliphatic heterocycles. The maximum Gasteiger partial charge on any atom is 0.260 e. The molecule has 0 unspecified atom stereocenters. The molecule has 9 nitrogen and oxygen atoms in total.